The van der Waals surface area contributed by atoms with E-state index in [0.717, 1.165) is 32.1 Å². The number of anilines is 2. The molecule has 4 atom stereocenters. The number of carbonyl (C=O) groups excluding carboxylic acids is 11. The van der Waals surface area contributed by atoms with E-state index in [0.29, 0.717) is 134 Å². The minimum atomic E-state index is -0.799. The van der Waals surface area contributed by atoms with Gasteiger partial charge in [0.05, 0.1) is 22.3 Å². The quantitative estimate of drug-likeness (QED) is 0.0628. The molecule has 5 aromatic carbocycles. The van der Waals surface area contributed by atoms with Crippen molar-refractivity contribution in [3.05, 3.63) is 213 Å². The van der Waals surface area contributed by atoms with E-state index in [1.54, 1.807) is 70.5 Å². The molecule has 468 valence electrons. The number of nitrogens with one attached hydrogen (secondary N) is 4. The highest BCUT2D eigenvalue weighted by atomic mass is 16.2. The first kappa shape index (κ1) is 63.4. The molecule has 0 spiro atoms. The van der Waals surface area contributed by atoms with E-state index in [9.17, 15) is 52.7 Å². The Kier molecular flexibility index (Phi) is 18.0. The van der Waals surface area contributed by atoms with E-state index in [4.69, 9.17) is 11.5 Å². The number of amides is 10. The number of nitrogens with zero attached hydrogens (tertiary/aromatic N) is 4. The zero-order chi connectivity index (χ0) is 65.3. The molecular weight excluding hydrogens is 1160 g/mol. The lowest BCUT2D eigenvalue weighted by Gasteiger charge is -2.30. The molecule has 5 aromatic rings. The number of fused-ring (bicyclic) bond motifs is 4. The van der Waals surface area contributed by atoms with E-state index < -0.39 is 47.8 Å². The first-order valence-corrected chi connectivity index (χ1v) is 30.2. The Bertz CT molecular complexity index is 3960. The van der Waals surface area contributed by atoms with Crippen molar-refractivity contribution >= 4 is 76.2 Å². The van der Waals surface area contributed by atoms with E-state index in [2.05, 4.69) is 80.5 Å². The number of hydrogen-bond acceptors (Lipinski definition) is 13. The molecule has 4 saturated heterocycles. The van der Waals surface area contributed by atoms with Crippen LogP contribution in [0.3, 0.4) is 0 Å². The van der Waals surface area contributed by atoms with Gasteiger partial charge in [-0.1, -0.05) is 108 Å². The highest BCUT2D eigenvalue weighted by Crippen LogP contribution is 2.35. The summed E-state index contributed by atoms with van der Waals surface area (Å²) in [7, 11) is 0. The topological polar surface area (TPSA) is 301 Å². The van der Waals surface area contributed by atoms with Crippen LogP contribution in [-0.2, 0) is 55.3 Å². The van der Waals surface area contributed by atoms with Gasteiger partial charge in [-0.2, -0.15) is 0 Å². The number of allylic oxidation sites excluding steroid dienone is 4. The molecule has 21 heteroatoms. The minimum absolute atomic E-state index is 0.0982. The van der Waals surface area contributed by atoms with Gasteiger partial charge in [0.1, 0.15) is 30.0 Å². The monoisotopic (exact) mass is 1230 g/mol. The van der Waals surface area contributed by atoms with Crippen LogP contribution in [0.1, 0.15) is 169 Å². The molecule has 0 aliphatic carbocycles. The maximum Gasteiger partial charge on any atom is 0.264 e. The summed E-state index contributed by atoms with van der Waals surface area (Å²) in [4.78, 5) is 140. The van der Waals surface area contributed by atoms with E-state index in [1.165, 1.54) is 5.56 Å². The summed E-state index contributed by atoms with van der Waals surface area (Å²) >= 11 is 0. The molecule has 0 radical (unpaired) electrons. The number of carbonyl (C=O) groups is 11. The van der Waals surface area contributed by atoms with Gasteiger partial charge in [0, 0.05) is 76.8 Å². The number of ketones is 1. The third kappa shape index (κ3) is 13.1. The van der Waals surface area contributed by atoms with Crippen molar-refractivity contribution in [1.29, 1.82) is 0 Å². The highest BCUT2D eigenvalue weighted by Gasteiger charge is 2.46. The number of benzene rings is 5. The molecule has 0 aromatic heterocycles. The molecule has 0 saturated carbocycles. The summed E-state index contributed by atoms with van der Waals surface area (Å²) in [6, 6.07) is 28.3. The van der Waals surface area contributed by atoms with Crippen LogP contribution in [0.15, 0.2) is 152 Å². The van der Waals surface area contributed by atoms with Crippen LogP contribution in [-0.4, -0.2) is 109 Å². The van der Waals surface area contributed by atoms with Gasteiger partial charge < -0.3 is 42.5 Å². The smallest absolute Gasteiger partial charge is 0.264 e. The molecule has 8 aliphatic rings. The van der Waals surface area contributed by atoms with Crippen LogP contribution >= 0.6 is 0 Å². The fourth-order valence-corrected chi connectivity index (χ4v) is 12.4. The average molecular weight is 1230 g/mol. The molecule has 21 nitrogen and oxygen atoms in total. The second-order valence-electron chi connectivity index (χ2n) is 24.8. The lowest BCUT2D eigenvalue weighted by atomic mass is 9.86. The van der Waals surface area contributed by atoms with Crippen LogP contribution in [0.2, 0.25) is 0 Å². The molecule has 91 heavy (non-hydrogen) atoms. The number of nitrogen functional groups attached to an aromatic ring is 2. The summed E-state index contributed by atoms with van der Waals surface area (Å²) in [6.07, 6.45) is 6.06. The van der Waals surface area contributed by atoms with Gasteiger partial charge in [-0.15, -0.1) is 0 Å². The van der Waals surface area contributed by atoms with Crippen molar-refractivity contribution in [2.24, 2.45) is 0 Å². The number of nitrogens with two attached hydrogens (primary N) is 2. The highest BCUT2D eigenvalue weighted by molar-refractivity contribution is 6.25. The third-order valence-corrected chi connectivity index (χ3v) is 17.4. The molecule has 8 aliphatic heterocycles. The fourth-order valence-electron chi connectivity index (χ4n) is 12.4. The summed E-state index contributed by atoms with van der Waals surface area (Å²) in [6.45, 7) is 22.3. The molecular formula is C70H72N10O11. The SMILES string of the molecule is C=C1CCC(N2C(=O)c3cccc(N)c3C2=O)C(=O)N1.C=C1CCC(N2C(=O)c3ccccc3C2=O)C(=O)N1.C=C1CCC(N2Cc3c(N)cccc3C2=O)C(=O)N1.C=C1CCC(N2Cc3cc(CCC(=O)Cc4ccc(C(C)(C)C)cc4)ccc3C2=O)C(=O)N1. The first-order chi connectivity index (χ1) is 43.3. The number of Topliss-reactive ketones (excluding diaryl/α,β-unsaturated/α-hetero) is 1. The molecule has 4 unspecified atom stereocenters. The predicted octanol–water partition coefficient (Wildman–Crippen LogP) is 7.23. The number of hydrogen-bond donors (Lipinski definition) is 6. The maximum atomic E-state index is 12.9. The standard InChI is InChI=1S/C28H32N2O3.C14H13N3O3.C14H15N3O2.C14H12N2O3/c1-18-5-14-25(26(32)29-18)30-17-21-15-19(9-13-24(21)27(30)33)8-12-23(31)16-20-6-10-22(11-7-20)28(2,3)4;1-7-5-6-10(12(18)16-7)17-13(19)8-3-2-4-9(15)11(8)14(17)20;1-8-5-6-12(13(18)16-8)17-7-10-9(14(17)19)3-2-4-11(10)15;1-8-6-7-11(12(17)15-8)16-13(18)9-4-2-3-5-10(9)14(16)19/h6-7,9-11,13,15,25H,1,5,8,12,14,16-17H2,2-4H3,(H,29,32);2-4,10H,1,5-6,15H2,(H,16,18);2-4,12H,1,5-7,15H2,(H,16,18);2-5,11H,1,6-7H2,(H,15,17). The zero-order valence-corrected chi connectivity index (χ0v) is 51.1. The average Bonchev–Trinajstić information content (AvgIpc) is 1.65. The maximum absolute atomic E-state index is 12.9. The van der Waals surface area contributed by atoms with E-state index in [1.807, 2.05) is 30.3 Å². The van der Waals surface area contributed by atoms with Gasteiger partial charge >= 0.3 is 0 Å². The third-order valence-electron chi connectivity index (χ3n) is 17.4. The number of imide groups is 2. The van der Waals surface area contributed by atoms with Gasteiger partial charge in [-0.25, -0.2) is 0 Å². The normalized spacial score (nSPS) is 20.9. The Morgan fingerprint density at radius 1 is 0.473 bits per heavy atom. The Morgan fingerprint density at radius 3 is 1.38 bits per heavy atom. The van der Waals surface area contributed by atoms with Gasteiger partial charge in [0.15, 0.2) is 0 Å². The van der Waals surface area contributed by atoms with Crippen molar-refractivity contribution in [1.82, 2.24) is 40.9 Å². The summed E-state index contributed by atoms with van der Waals surface area (Å²) < 4.78 is 0. The molecule has 4 fully saturated rings. The predicted molar refractivity (Wildman–Crippen MR) is 339 cm³/mol. The molecule has 8 N–H and O–H groups in total. The van der Waals surface area contributed by atoms with Gasteiger partial charge in [-0.05, 0) is 128 Å². The van der Waals surface area contributed by atoms with Crippen molar-refractivity contribution in [2.45, 2.75) is 134 Å². The van der Waals surface area contributed by atoms with Crippen LogP contribution in [0, 0.1) is 0 Å². The molecule has 13 rings (SSSR count). The van der Waals surface area contributed by atoms with Crippen LogP contribution in [0.5, 0.6) is 0 Å². The first-order valence-electron chi connectivity index (χ1n) is 30.2. The fraction of sp³-hybridized carbons (Fsp3) is 0.300. The van der Waals surface area contributed by atoms with Crippen LogP contribution in [0.4, 0.5) is 11.4 Å². The molecule has 0 bridgehead atoms. The Morgan fingerprint density at radius 2 is 0.901 bits per heavy atom. The Labute approximate surface area is 526 Å². The largest absolute Gasteiger partial charge is 0.398 e. The Balaban J connectivity index is 0.000000138. The van der Waals surface area contributed by atoms with Gasteiger partial charge in [0.25, 0.3) is 35.4 Å². The van der Waals surface area contributed by atoms with E-state index in [-0.39, 0.29) is 63.5 Å². The Hall–Kier alpha value is -10.6. The summed E-state index contributed by atoms with van der Waals surface area (Å²) in [5, 5.41) is 10.6. The van der Waals surface area contributed by atoms with Crippen molar-refractivity contribution < 1.29 is 52.7 Å². The number of piperidine rings is 4. The molecule has 10 amide bonds. The number of rotatable bonds is 9. The van der Waals surface area contributed by atoms with Crippen molar-refractivity contribution in [3.8, 4) is 0 Å². The van der Waals surface area contributed by atoms with E-state index >= 15 is 0 Å². The second-order valence-corrected chi connectivity index (χ2v) is 24.8. The van der Waals surface area contributed by atoms with Gasteiger partial charge in [0.2, 0.25) is 23.6 Å². The second kappa shape index (κ2) is 25.9. The van der Waals surface area contributed by atoms with Crippen molar-refractivity contribution in [2.75, 3.05) is 11.5 Å². The van der Waals surface area contributed by atoms with Crippen LogP contribution in [0.25, 0.3) is 0 Å². The number of aryl methyl sites for hydroxylation is 1. The van der Waals surface area contributed by atoms with Crippen LogP contribution < -0.4 is 32.7 Å². The van der Waals surface area contributed by atoms with Gasteiger partial charge in [-0.3, -0.25) is 62.5 Å². The zero-order valence-electron chi connectivity index (χ0n) is 51.1. The summed E-state index contributed by atoms with van der Waals surface area (Å²) in [5.41, 5.74) is 22.8. The summed E-state index contributed by atoms with van der Waals surface area (Å²) in [5.74, 6) is -2.81. The lowest BCUT2D eigenvalue weighted by Crippen LogP contribution is -2.51. The minimum Gasteiger partial charge on any atom is -0.398 e. The molecule has 8 heterocycles. The lowest BCUT2D eigenvalue weighted by molar-refractivity contribution is -0.127. The van der Waals surface area contributed by atoms with Crippen molar-refractivity contribution in [3.63, 3.8) is 0 Å².